The van der Waals surface area contributed by atoms with E-state index in [1.807, 2.05) is 0 Å². The van der Waals surface area contributed by atoms with E-state index in [1.165, 1.54) is 41.3 Å². The minimum atomic E-state index is -3.46. The Balaban J connectivity index is 2.13. The molecule has 0 aromatic heterocycles. The SMILES string of the molecule is C[C@H]1C(=O)Nc2cc(S(C)(=O)=O)ccc2N1C(=O)c1ccc(Cl)cc1Cl. The summed E-state index contributed by atoms with van der Waals surface area (Å²) in [5.74, 6) is -0.913. The number of halogens is 2. The van der Waals surface area contributed by atoms with Crippen LogP contribution in [0.3, 0.4) is 0 Å². The summed E-state index contributed by atoms with van der Waals surface area (Å²) >= 11 is 12.0. The van der Waals surface area contributed by atoms with Crippen molar-refractivity contribution in [3.05, 3.63) is 52.0 Å². The molecule has 1 heterocycles. The number of sulfone groups is 1. The van der Waals surface area contributed by atoms with Crippen LogP contribution < -0.4 is 10.2 Å². The molecule has 2 amide bonds. The second-order valence-corrected chi connectivity index (χ2v) is 8.78. The van der Waals surface area contributed by atoms with E-state index in [9.17, 15) is 18.0 Å². The van der Waals surface area contributed by atoms with E-state index >= 15 is 0 Å². The van der Waals surface area contributed by atoms with Crippen LogP contribution in [0.1, 0.15) is 17.3 Å². The minimum Gasteiger partial charge on any atom is -0.322 e. The summed E-state index contributed by atoms with van der Waals surface area (Å²) in [6.45, 7) is 1.57. The molecule has 0 bridgehead atoms. The predicted octanol–water partition coefficient (Wildman–Crippen LogP) is 3.38. The fraction of sp³-hybridized carbons (Fsp3) is 0.176. The van der Waals surface area contributed by atoms with E-state index in [1.54, 1.807) is 6.92 Å². The average molecular weight is 413 g/mol. The molecule has 1 aliphatic heterocycles. The number of fused-ring (bicyclic) bond motifs is 1. The van der Waals surface area contributed by atoms with Gasteiger partial charge in [-0.3, -0.25) is 14.5 Å². The van der Waals surface area contributed by atoms with E-state index in [0.717, 1.165) is 6.26 Å². The minimum absolute atomic E-state index is 0.0445. The number of carbonyl (C=O) groups is 2. The van der Waals surface area contributed by atoms with Gasteiger partial charge in [-0.05, 0) is 43.3 Å². The number of nitrogens with one attached hydrogen (secondary N) is 1. The summed E-state index contributed by atoms with van der Waals surface area (Å²) < 4.78 is 23.5. The third-order valence-corrected chi connectivity index (χ3v) is 5.72. The molecule has 0 spiro atoms. The predicted molar refractivity (Wildman–Crippen MR) is 101 cm³/mol. The maximum atomic E-state index is 13.0. The van der Waals surface area contributed by atoms with Crippen LogP contribution in [-0.4, -0.2) is 32.5 Å². The van der Waals surface area contributed by atoms with Crippen LogP contribution in [-0.2, 0) is 14.6 Å². The summed E-state index contributed by atoms with van der Waals surface area (Å²) in [6, 6.07) is 7.87. The van der Waals surface area contributed by atoms with Crippen LogP contribution >= 0.6 is 23.2 Å². The maximum Gasteiger partial charge on any atom is 0.260 e. The molecule has 136 valence electrons. The first-order valence-corrected chi connectivity index (χ1v) is 10.2. The van der Waals surface area contributed by atoms with E-state index in [0.29, 0.717) is 10.7 Å². The Morgan fingerprint density at radius 2 is 1.85 bits per heavy atom. The van der Waals surface area contributed by atoms with Gasteiger partial charge in [-0.1, -0.05) is 23.2 Å². The van der Waals surface area contributed by atoms with Crippen molar-refractivity contribution >= 4 is 56.2 Å². The number of anilines is 2. The van der Waals surface area contributed by atoms with Gasteiger partial charge in [0.2, 0.25) is 5.91 Å². The first-order chi connectivity index (χ1) is 12.1. The summed E-state index contributed by atoms with van der Waals surface area (Å²) in [4.78, 5) is 26.7. The number of amides is 2. The van der Waals surface area contributed by atoms with Crippen molar-refractivity contribution in [2.75, 3.05) is 16.5 Å². The largest absolute Gasteiger partial charge is 0.322 e. The quantitative estimate of drug-likeness (QED) is 0.818. The first kappa shape index (κ1) is 18.7. The Bertz CT molecular complexity index is 1040. The lowest BCUT2D eigenvalue weighted by molar-refractivity contribution is -0.117. The molecule has 1 N–H and O–H groups in total. The number of hydrogen-bond acceptors (Lipinski definition) is 4. The first-order valence-electron chi connectivity index (χ1n) is 7.53. The fourth-order valence-corrected chi connectivity index (χ4v) is 3.83. The van der Waals surface area contributed by atoms with Crippen molar-refractivity contribution in [3.63, 3.8) is 0 Å². The summed E-state index contributed by atoms with van der Waals surface area (Å²) in [5, 5.41) is 3.18. The number of benzene rings is 2. The van der Waals surface area contributed by atoms with Crippen LogP contribution in [0.15, 0.2) is 41.3 Å². The van der Waals surface area contributed by atoms with Gasteiger partial charge in [0.05, 0.1) is 26.9 Å². The Morgan fingerprint density at radius 1 is 1.15 bits per heavy atom. The fourth-order valence-electron chi connectivity index (χ4n) is 2.70. The smallest absolute Gasteiger partial charge is 0.260 e. The zero-order valence-corrected chi connectivity index (χ0v) is 16.1. The lowest BCUT2D eigenvalue weighted by Gasteiger charge is -2.35. The van der Waals surface area contributed by atoms with E-state index in [2.05, 4.69) is 5.32 Å². The third-order valence-electron chi connectivity index (χ3n) is 4.06. The lowest BCUT2D eigenvalue weighted by atomic mass is 10.1. The Morgan fingerprint density at radius 3 is 2.46 bits per heavy atom. The van der Waals surface area contributed by atoms with Crippen molar-refractivity contribution in [1.82, 2.24) is 0 Å². The van der Waals surface area contributed by atoms with Gasteiger partial charge < -0.3 is 5.32 Å². The van der Waals surface area contributed by atoms with Crippen LogP contribution in [0.2, 0.25) is 10.0 Å². The Labute approximate surface area is 160 Å². The topological polar surface area (TPSA) is 83.6 Å². The molecule has 2 aromatic carbocycles. The standard InChI is InChI=1S/C17H14Cl2N2O4S/c1-9-16(22)20-14-8-11(26(2,24)25)4-6-15(14)21(9)17(23)12-5-3-10(18)7-13(12)19/h3-9H,1-2H3,(H,20,22)/t9-/m0/s1. The van der Waals surface area contributed by atoms with Crippen molar-refractivity contribution in [3.8, 4) is 0 Å². The third kappa shape index (κ3) is 3.30. The summed E-state index contributed by atoms with van der Waals surface area (Å²) in [5.41, 5.74) is 0.825. The summed E-state index contributed by atoms with van der Waals surface area (Å²) in [6.07, 6.45) is 1.07. The van der Waals surface area contributed by atoms with E-state index < -0.39 is 27.7 Å². The number of hydrogen-bond donors (Lipinski definition) is 1. The van der Waals surface area contributed by atoms with Gasteiger partial charge >= 0.3 is 0 Å². The molecule has 0 fully saturated rings. The van der Waals surface area contributed by atoms with Crippen LogP contribution in [0.4, 0.5) is 11.4 Å². The molecule has 0 radical (unpaired) electrons. The molecule has 1 aliphatic rings. The molecule has 0 saturated carbocycles. The normalized spacial score (nSPS) is 16.8. The van der Waals surface area contributed by atoms with Gasteiger partial charge in [-0.15, -0.1) is 0 Å². The molecular weight excluding hydrogens is 399 g/mol. The molecule has 1 atom stereocenters. The van der Waals surface area contributed by atoms with E-state index in [4.69, 9.17) is 23.2 Å². The molecule has 26 heavy (non-hydrogen) atoms. The highest BCUT2D eigenvalue weighted by Gasteiger charge is 2.35. The number of nitrogens with zero attached hydrogens (tertiary/aromatic N) is 1. The van der Waals surface area contributed by atoms with Crippen molar-refractivity contribution < 1.29 is 18.0 Å². The van der Waals surface area contributed by atoms with Crippen LogP contribution in [0, 0.1) is 0 Å². The van der Waals surface area contributed by atoms with Gasteiger partial charge in [0.15, 0.2) is 9.84 Å². The van der Waals surface area contributed by atoms with Gasteiger partial charge in [-0.2, -0.15) is 0 Å². The highest BCUT2D eigenvalue weighted by molar-refractivity contribution is 7.90. The highest BCUT2D eigenvalue weighted by Crippen LogP contribution is 2.36. The molecule has 6 nitrogen and oxygen atoms in total. The van der Waals surface area contributed by atoms with E-state index in [-0.39, 0.29) is 21.2 Å². The van der Waals surface area contributed by atoms with Crippen molar-refractivity contribution in [1.29, 1.82) is 0 Å². The van der Waals surface area contributed by atoms with Crippen LogP contribution in [0.25, 0.3) is 0 Å². The van der Waals surface area contributed by atoms with Gasteiger partial charge in [0.1, 0.15) is 6.04 Å². The Hall–Kier alpha value is -2.09. The summed E-state index contributed by atoms with van der Waals surface area (Å²) in [7, 11) is -3.46. The molecule has 0 aliphatic carbocycles. The zero-order valence-electron chi connectivity index (χ0n) is 13.8. The molecule has 0 saturated heterocycles. The van der Waals surface area contributed by atoms with Crippen molar-refractivity contribution in [2.24, 2.45) is 0 Å². The molecule has 2 aromatic rings. The van der Waals surface area contributed by atoms with Crippen LogP contribution in [0.5, 0.6) is 0 Å². The molecular formula is C17H14Cl2N2O4S. The molecule has 9 heteroatoms. The zero-order chi connectivity index (χ0) is 19.2. The van der Waals surface area contributed by atoms with Crippen molar-refractivity contribution in [2.45, 2.75) is 17.9 Å². The van der Waals surface area contributed by atoms with Gasteiger partial charge in [-0.25, -0.2) is 8.42 Å². The second kappa shape index (κ2) is 6.57. The average Bonchev–Trinajstić information content (AvgIpc) is 2.54. The highest BCUT2D eigenvalue weighted by atomic mass is 35.5. The number of carbonyl (C=O) groups excluding carboxylic acids is 2. The molecule has 0 unspecified atom stereocenters. The second-order valence-electron chi connectivity index (χ2n) is 5.92. The van der Waals surface area contributed by atoms with Gasteiger partial charge in [0, 0.05) is 11.3 Å². The monoisotopic (exact) mass is 412 g/mol. The Kier molecular flexibility index (Phi) is 4.72. The maximum absolute atomic E-state index is 13.0. The van der Waals surface area contributed by atoms with Gasteiger partial charge in [0.25, 0.3) is 5.91 Å². The number of rotatable bonds is 2. The lowest BCUT2D eigenvalue weighted by Crippen LogP contribution is -2.49. The molecule has 3 rings (SSSR count).